The van der Waals surface area contributed by atoms with E-state index in [-0.39, 0.29) is 30.2 Å². The van der Waals surface area contributed by atoms with Crippen LogP contribution >= 0.6 is 0 Å². The number of hydrogen-bond donors (Lipinski definition) is 1. The molecule has 6 nitrogen and oxygen atoms in total. The van der Waals surface area contributed by atoms with Gasteiger partial charge in [-0.05, 0) is 48.2 Å². The fraction of sp³-hybridized carbons (Fsp3) is 0.409. The van der Waals surface area contributed by atoms with E-state index in [0.717, 1.165) is 5.56 Å². The monoisotopic (exact) mass is 412 g/mol. The summed E-state index contributed by atoms with van der Waals surface area (Å²) in [6, 6.07) is 7.32. The molecule has 0 bridgehead atoms. The molecule has 1 aliphatic carbocycles. The van der Waals surface area contributed by atoms with Gasteiger partial charge in [-0.3, -0.25) is 4.79 Å². The molecule has 2 heterocycles. The number of fused-ring (bicyclic) bond motifs is 1. The van der Waals surface area contributed by atoms with Gasteiger partial charge in [-0.25, -0.2) is 13.8 Å². The molecule has 2 aliphatic rings. The number of ether oxygens (including phenoxy) is 1. The number of nitriles is 1. The van der Waals surface area contributed by atoms with E-state index >= 15 is 0 Å². The van der Waals surface area contributed by atoms with Crippen molar-refractivity contribution < 1.29 is 18.3 Å². The van der Waals surface area contributed by atoms with E-state index in [9.17, 15) is 13.6 Å². The van der Waals surface area contributed by atoms with E-state index in [1.54, 1.807) is 23.2 Å². The lowest BCUT2D eigenvalue weighted by atomic mass is 9.91. The highest BCUT2D eigenvalue weighted by molar-refractivity contribution is 5.77. The molecule has 1 aliphatic heterocycles. The number of pyridine rings is 1. The summed E-state index contributed by atoms with van der Waals surface area (Å²) in [5, 5.41) is 9.14. The first-order chi connectivity index (χ1) is 14.5. The number of benzene rings is 1. The lowest BCUT2D eigenvalue weighted by molar-refractivity contribution is -0.130. The van der Waals surface area contributed by atoms with Crippen molar-refractivity contribution >= 4 is 5.91 Å². The molecule has 0 saturated carbocycles. The highest BCUT2D eigenvalue weighted by Gasteiger charge is 2.33. The van der Waals surface area contributed by atoms with Crippen LogP contribution in [0.3, 0.4) is 0 Å². The Labute approximate surface area is 173 Å². The van der Waals surface area contributed by atoms with Crippen molar-refractivity contribution in [3.05, 3.63) is 58.8 Å². The van der Waals surface area contributed by atoms with E-state index < -0.39 is 17.7 Å². The van der Waals surface area contributed by atoms with Crippen LogP contribution in [-0.2, 0) is 11.2 Å². The average molecular weight is 412 g/mol. The zero-order valence-corrected chi connectivity index (χ0v) is 16.4. The maximum Gasteiger partial charge on any atom is 0.231 e. The van der Waals surface area contributed by atoms with Crippen molar-refractivity contribution in [3.63, 3.8) is 0 Å². The number of hydrogen-bond acceptors (Lipinski definition) is 5. The molecule has 0 radical (unpaired) electrons. The van der Waals surface area contributed by atoms with Gasteiger partial charge in [0.1, 0.15) is 17.7 Å². The predicted molar refractivity (Wildman–Crippen MR) is 105 cm³/mol. The van der Waals surface area contributed by atoms with Crippen molar-refractivity contribution in [1.82, 2.24) is 9.88 Å². The topological polar surface area (TPSA) is 92.2 Å². The highest BCUT2D eigenvalue weighted by Crippen LogP contribution is 2.37. The molecule has 0 spiro atoms. The van der Waals surface area contributed by atoms with Crippen molar-refractivity contribution in [1.29, 1.82) is 5.26 Å². The van der Waals surface area contributed by atoms with Gasteiger partial charge in [0.2, 0.25) is 11.8 Å². The Kier molecular flexibility index (Phi) is 5.64. The van der Waals surface area contributed by atoms with E-state index in [2.05, 4.69) is 4.98 Å². The molecule has 156 valence electrons. The van der Waals surface area contributed by atoms with Crippen LogP contribution in [0, 0.1) is 23.0 Å². The summed E-state index contributed by atoms with van der Waals surface area (Å²) in [5.41, 5.74) is 8.13. The Hall–Kier alpha value is -3.05. The number of carbonyl (C=O) groups is 1. The molecule has 1 aromatic carbocycles. The van der Waals surface area contributed by atoms with Gasteiger partial charge in [0.25, 0.3) is 0 Å². The number of aryl methyl sites for hydroxylation is 1. The lowest BCUT2D eigenvalue weighted by Gasteiger charge is -2.23. The second-order valence-electron chi connectivity index (χ2n) is 7.81. The molecule has 2 aromatic rings. The summed E-state index contributed by atoms with van der Waals surface area (Å²) < 4.78 is 32.9. The Morgan fingerprint density at radius 1 is 1.37 bits per heavy atom. The molecule has 0 unspecified atom stereocenters. The van der Waals surface area contributed by atoms with Crippen LogP contribution in [0.2, 0.25) is 0 Å². The summed E-state index contributed by atoms with van der Waals surface area (Å²) in [6.45, 7) is 0.931. The normalized spacial score (nSPS) is 21.2. The number of amides is 1. The molecule has 30 heavy (non-hydrogen) atoms. The summed E-state index contributed by atoms with van der Waals surface area (Å²) >= 11 is 0. The minimum Gasteiger partial charge on any atom is -0.471 e. The number of halogens is 2. The summed E-state index contributed by atoms with van der Waals surface area (Å²) in [4.78, 5) is 18.5. The van der Waals surface area contributed by atoms with Gasteiger partial charge in [-0.15, -0.1) is 0 Å². The van der Waals surface area contributed by atoms with Crippen molar-refractivity contribution in [3.8, 4) is 11.9 Å². The maximum atomic E-state index is 13.7. The number of rotatable bonds is 5. The van der Waals surface area contributed by atoms with Gasteiger partial charge in [-0.1, -0.05) is 0 Å². The fourth-order valence-corrected chi connectivity index (χ4v) is 4.33. The quantitative estimate of drug-likeness (QED) is 0.815. The van der Waals surface area contributed by atoms with E-state index in [1.807, 2.05) is 6.07 Å². The SMILES string of the molecule is N#Cc1cccnc1O[C@@H]1CCN(C(=O)C[C@H](N)[C@H]2CCc3cc(F)c(F)cc32)C1. The minimum absolute atomic E-state index is 0.0915. The van der Waals surface area contributed by atoms with Crippen LogP contribution in [0.15, 0.2) is 30.5 Å². The lowest BCUT2D eigenvalue weighted by Crippen LogP contribution is -2.38. The molecule has 1 fully saturated rings. The number of carbonyl (C=O) groups excluding carboxylic acids is 1. The van der Waals surface area contributed by atoms with Gasteiger partial charge >= 0.3 is 0 Å². The van der Waals surface area contributed by atoms with Gasteiger partial charge < -0.3 is 15.4 Å². The zero-order chi connectivity index (χ0) is 21.3. The predicted octanol–water partition coefficient (Wildman–Crippen LogP) is 2.66. The second-order valence-corrected chi connectivity index (χ2v) is 7.81. The first-order valence-corrected chi connectivity index (χ1v) is 9.99. The number of nitrogens with zero attached hydrogens (tertiary/aromatic N) is 3. The van der Waals surface area contributed by atoms with E-state index in [4.69, 9.17) is 15.7 Å². The van der Waals surface area contributed by atoms with Gasteiger partial charge in [0.15, 0.2) is 11.6 Å². The Bertz CT molecular complexity index is 1010. The summed E-state index contributed by atoms with van der Waals surface area (Å²) in [6.07, 6.45) is 3.39. The van der Waals surface area contributed by atoms with Crippen molar-refractivity contribution in [2.75, 3.05) is 13.1 Å². The number of nitrogens with two attached hydrogens (primary N) is 1. The Balaban J connectivity index is 1.35. The van der Waals surface area contributed by atoms with Gasteiger partial charge in [0.05, 0.1) is 6.54 Å². The van der Waals surface area contributed by atoms with Crippen LogP contribution in [0.25, 0.3) is 0 Å². The van der Waals surface area contributed by atoms with Crippen molar-refractivity contribution in [2.45, 2.75) is 43.7 Å². The van der Waals surface area contributed by atoms with Crippen molar-refractivity contribution in [2.24, 2.45) is 5.73 Å². The highest BCUT2D eigenvalue weighted by atomic mass is 19.2. The zero-order valence-electron chi connectivity index (χ0n) is 16.4. The van der Waals surface area contributed by atoms with Crippen LogP contribution in [0.5, 0.6) is 5.88 Å². The molecule has 3 atom stereocenters. The molecule has 4 rings (SSSR count). The van der Waals surface area contributed by atoms with Gasteiger partial charge in [0, 0.05) is 37.5 Å². The first kappa shape index (κ1) is 20.2. The van der Waals surface area contributed by atoms with Gasteiger partial charge in [-0.2, -0.15) is 5.26 Å². The third-order valence-electron chi connectivity index (χ3n) is 5.90. The Morgan fingerprint density at radius 2 is 2.17 bits per heavy atom. The molecule has 8 heteroatoms. The molecular weight excluding hydrogens is 390 g/mol. The maximum absolute atomic E-state index is 13.7. The molecule has 1 aromatic heterocycles. The third-order valence-corrected chi connectivity index (χ3v) is 5.90. The van der Waals surface area contributed by atoms with Crippen LogP contribution in [0.4, 0.5) is 8.78 Å². The molecule has 2 N–H and O–H groups in total. The van der Waals surface area contributed by atoms with E-state index in [1.165, 1.54) is 12.1 Å². The second kappa shape index (κ2) is 8.36. The largest absolute Gasteiger partial charge is 0.471 e. The molecular formula is C22H22F2N4O2. The van der Waals surface area contributed by atoms with Crippen LogP contribution in [-0.4, -0.2) is 41.0 Å². The van der Waals surface area contributed by atoms with Crippen LogP contribution in [0.1, 0.15) is 41.9 Å². The standard InChI is InChI=1S/C22H22F2N4O2/c23-18-8-13-3-4-16(17(13)9-19(18)24)20(26)10-21(29)28-7-5-15(12-28)30-22-14(11-25)2-1-6-27-22/h1-2,6,8-9,15-16,20H,3-5,7,10,12,26H2/t15-,16+,20+/m1/s1. The Morgan fingerprint density at radius 3 is 2.97 bits per heavy atom. The average Bonchev–Trinajstić information content (AvgIpc) is 3.36. The summed E-state index contributed by atoms with van der Waals surface area (Å²) in [5.74, 6) is -1.72. The third kappa shape index (κ3) is 3.98. The first-order valence-electron chi connectivity index (χ1n) is 9.99. The fourth-order valence-electron chi connectivity index (χ4n) is 4.33. The van der Waals surface area contributed by atoms with E-state index in [0.29, 0.717) is 43.5 Å². The van der Waals surface area contributed by atoms with Crippen LogP contribution < -0.4 is 10.5 Å². The smallest absolute Gasteiger partial charge is 0.231 e. The number of likely N-dealkylation sites (tertiary alicyclic amines) is 1. The minimum atomic E-state index is -0.884. The molecule has 1 saturated heterocycles. The molecule has 1 amide bonds. The number of aromatic nitrogens is 1. The summed E-state index contributed by atoms with van der Waals surface area (Å²) in [7, 11) is 0.